The van der Waals surface area contributed by atoms with Gasteiger partial charge in [-0.05, 0) is 37.1 Å². The van der Waals surface area contributed by atoms with E-state index in [0.29, 0.717) is 11.9 Å². The molecule has 0 bridgehead atoms. The van der Waals surface area contributed by atoms with Gasteiger partial charge in [0.15, 0.2) is 0 Å². The standard InChI is InChI=1S/C17H17F3N4O/c18-17(19,20)11-5-7-13(8-6-11)24-16(25)14-9-15(22-10-21-14)23-12-3-1-2-4-12/h5-10,12H,1-4H2,(H,24,25)(H,21,22,23). The second-order valence-corrected chi connectivity index (χ2v) is 5.94. The highest BCUT2D eigenvalue weighted by molar-refractivity contribution is 6.03. The topological polar surface area (TPSA) is 66.9 Å². The smallest absolute Gasteiger partial charge is 0.367 e. The number of halogens is 3. The van der Waals surface area contributed by atoms with Crippen LogP contribution in [0.1, 0.15) is 41.7 Å². The van der Waals surface area contributed by atoms with Gasteiger partial charge >= 0.3 is 6.18 Å². The molecule has 2 N–H and O–H groups in total. The number of hydrogen-bond acceptors (Lipinski definition) is 4. The summed E-state index contributed by atoms with van der Waals surface area (Å²) in [4.78, 5) is 20.3. The third-order valence-electron chi connectivity index (χ3n) is 4.08. The Kier molecular flexibility index (Phi) is 4.87. The number of carbonyl (C=O) groups excluding carboxylic acids is 1. The average molecular weight is 350 g/mol. The predicted molar refractivity (Wildman–Crippen MR) is 87.3 cm³/mol. The van der Waals surface area contributed by atoms with Crippen LogP contribution in [0.5, 0.6) is 0 Å². The number of benzene rings is 1. The molecule has 0 radical (unpaired) electrons. The molecule has 1 heterocycles. The van der Waals surface area contributed by atoms with E-state index in [1.807, 2.05) is 0 Å². The Morgan fingerprint density at radius 2 is 1.76 bits per heavy atom. The van der Waals surface area contributed by atoms with Crippen molar-refractivity contribution in [1.29, 1.82) is 0 Å². The molecule has 3 rings (SSSR count). The lowest BCUT2D eigenvalue weighted by molar-refractivity contribution is -0.137. The Hall–Kier alpha value is -2.64. The van der Waals surface area contributed by atoms with Crippen LogP contribution in [0.4, 0.5) is 24.7 Å². The minimum Gasteiger partial charge on any atom is -0.367 e. The molecule has 5 nitrogen and oxygen atoms in total. The molecule has 0 saturated heterocycles. The Morgan fingerprint density at radius 1 is 1.08 bits per heavy atom. The lowest BCUT2D eigenvalue weighted by Crippen LogP contribution is -2.18. The number of nitrogens with one attached hydrogen (secondary N) is 2. The molecule has 1 aliphatic rings. The molecule has 1 fully saturated rings. The fraction of sp³-hybridized carbons (Fsp3) is 0.353. The van der Waals surface area contributed by atoms with Gasteiger partial charge in [0.25, 0.3) is 5.91 Å². The van der Waals surface area contributed by atoms with Gasteiger partial charge in [0.05, 0.1) is 5.56 Å². The van der Waals surface area contributed by atoms with E-state index in [2.05, 4.69) is 20.6 Å². The van der Waals surface area contributed by atoms with E-state index in [9.17, 15) is 18.0 Å². The van der Waals surface area contributed by atoms with Gasteiger partial charge in [-0.3, -0.25) is 4.79 Å². The van der Waals surface area contributed by atoms with Crippen LogP contribution in [0.2, 0.25) is 0 Å². The Bertz CT molecular complexity index is 740. The van der Waals surface area contributed by atoms with Gasteiger partial charge in [0.2, 0.25) is 0 Å². The minimum atomic E-state index is -4.41. The number of carbonyl (C=O) groups is 1. The highest BCUT2D eigenvalue weighted by Crippen LogP contribution is 2.29. The van der Waals surface area contributed by atoms with Gasteiger partial charge in [0.1, 0.15) is 17.8 Å². The number of rotatable bonds is 4. The molecule has 1 aromatic heterocycles. The minimum absolute atomic E-state index is 0.149. The number of aromatic nitrogens is 2. The number of nitrogens with zero attached hydrogens (tertiary/aromatic N) is 2. The van der Waals surface area contributed by atoms with Gasteiger partial charge in [-0.2, -0.15) is 13.2 Å². The molecule has 25 heavy (non-hydrogen) atoms. The summed E-state index contributed by atoms with van der Waals surface area (Å²) in [6.07, 6.45) is 1.36. The van der Waals surface area contributed by atoms with Gasteiger partial charge < -0.3 is 10.6 Å². The van der Waals surface area contributed by atoms with Gasteiger partial charge in [0, 0.05) is 17.8 Å². The Labute approximate surface area is 142 Å². The van der Waals surface area contributed by atoms with Crippen LogP contribution in [0.15, 0.2) is 36.7 Å². The molecule has 0 aliphatic heterocycles. The maximum Gasteiger partial charge on any atom is 0.416 e. The van der Waals surface area contributed by atoms with Crippen molar-refractivity contribution < 1.29 is 18.0 Å². The molecule has 132 valence electrons. The third-order valence-corrected chi connectivity index (χ3v) is 4.08. The molecule has 1 aliphatic carbocycles. The SMILES string of the molecule is O=C(Nc1ccc(C(F)(F)F)cc1)c1cc(NC2CCCC2)ncn1. The van der Waals surface area contributed by atoms with E-state index in [0.717, 1.165) is 25.0 Å². The zero-order valence-electron chi connectivity index (χ0n) is 13.3. The van der Waals surface area contributed by atoms with Crippen molar-refractivity contribution in [2.45, 2.75) is 37.9 Å². The van der Waals surface area contributed by atoms with Crippen molar-refractivity contribution in [2.75, 3.05) is 10.6 Å². The van der Waals surface area contributed by atoms with Crippen LogP contribution < -0.4 is 10.6 Å². The fourth-order valence-electron chi connectivity index (χ4n) is 2.78. The second kappa shape index (κ2) is 7.08. The molecule has 0 spiro atoms. The largest absolute Gasteiger partial charge is 0.416 e. The average Bonchev–Trinajstić information content (AvgIpc) is 3.08. The molecular weight excluding hydrogens is 333 g/mol. The van der Waals surface area contributed by atoms with E-state index in [1.165, 1.54) is 37.4 Å². The van der Waals surface area contributed by atoms with Crippen molar-refractivity contribution in [3.05, 3.63) is 47.9 Å². The zero-order valence-corrected chi connectivity index (χ0v) is 13.3. The zero-order chi connectivity index (χ0) is 17.9. The molecule has 1 amide bonds. The quantitative estimate of drug-likeness (QED) is 0.871. The van der Waals surface area contributed by atoms with Crippen LogP contribution in [-0.4, -0.2) is 21.9 Å². The van der Waals surface area contributed by atoms with Crippen LogP contribution in [0.3, 0.4) is 0 Å². The van der Waals surface area contributed by atoms with E-state index in [4.69, 9.17) is 0 Å². The predicted octanol–water partition coefficient (Wildman–Crippen LogP) is 4.10. The first-order chi connectivity index (χ1) is 11.9. The van der Waals surface area contributed by atoms with E-state index < -0.39 is 17.6 Å². The van der Waals surface area contributed by atoms with E-state index >= 15 is 0 Å². The summed E-state index contributed by atoms with van der Waals surface area (Å²) in [5.41, 5.74) is -0.354. The van der Waals surface area contributed by atoms with Crippen LogP contribution in [-0.2, 0) is 6.18 Å². The van der Waals surface area contributed by atoms with Gasteiger partial charge in [-0.1, -0.05) is 12.8 Å². The normalized spacial score (nSPS) is 15.2. The summed E-state index contributed by atoms with van der Waals surface area (Å²) in [5, 5.41) is 5.80. The number of hydrogen-bond donors (Lipinski definition) is 2. The number of amides is 1. The van der Waals surface area contributed by atoms with Crippen LogP contribution in [0.25, 0.3) is 0 Å². The first-order valence-electron chi connectivity index (χ1n) is 7.99. The van der Waals surface area contributed by atoms with Crippen molar-refractivity contribution >= 4 is 17.4 Å². The van der Waals surface area contributed by atoms with Gasteiger partial charge in [-0.15, -0.1) is 0 Å². The summed E-state index contributed by atoms with van der Waals surface area (Å²) in [5.74, 6) is 0.0658. The molecule has 1 aromatic carbocycles. The molecule has 0 unspecified atom stereocenters. The van der Waals surface area contributed by atoms with E-state index in [1.54, 1.807) is 0 Å². The third kappa shape index (κ3) is 4.46. The monoisotopic (exact) mass is 350 g/mol. The second-order valence-electron chi connectivity index (χ2n) is 5.94. The summed E-state index contributed by atoms with van der Waals surface area (Å²) in [7, 11) is 0. The summed E-state index contributed by atoms with van der Waals surface area (Å²) in [6.45, 7) is 0. The molecule has 1 saturated carbocycles. The fourth-order valence-corrected chi connectivity index (χ4v) is 2.78. The maximum absolute atomic E-state index is 12.5. The molecule has 0 atom stereocenters. The van der Waals surface area contributed by atoms with Crippen molar-refractivity contribution in [3.8, 4) is 0 Å². The first-order valence-corrected chi connectivity index (χ1v) is 7.99. The molecular formula is C17H17F3N4O. The number of anilines is 2. The van der Waals surface area contributed by atoms with Crippen molar-refractivity contribution in [3.63, 3.8) is 0 Å². The van der Waals surface area contributed by atoms with Crippen molar-refractivity contribution in [1.82, 2.24) is 9.97 Å². The highest BCUT2D eigenvalue weighted by Gasteiger charge is 2.30. The summed E-state index contributed by atoms with van der Waals surface area (Å²) >= 11 is 0. The lowest BCUT2D eigenvalue weighted by atomic mass is 10.2. The Morgan fingerprint density at radius 3 is 2.40 bits per heavy atom. The lowest BCUT2D eigenvalue weighted by Gasteiger charge is -2.13. The van der Waals surface area contributed by atoms with Crippen LogP contribution >= 0.6 is 0 Å². The van der Waals surface area contributed by atoms with Crippen molar-refractivity contribution in [2.24, 2.45) is 0 Å². The van der Waals surface area contributed by atoms with Gasteiger partial charge in [-0.25, -0.2) is 9.97 Å². The van der Waals surface area contributed by atoms with E-state index in [-0.39, 0.29) is 11.4 Å². The Balaban J connectivity index is 1.66. The molecule has 2 aromatic rings. The van der Waals surface area contributed by atoms with Crippen LogP contribution in [0, 0.1) is 0 Å². The highest BCUT2D eigenvalue weighted by atomic mass is 19.4. The summed E-state index contributed by atoms with van der Waals surface area (Å²) < 4.78 is 37.6. The first kappa shape index (κ1) is 17.2. The molecule has 8 heteroatoms. The number of alkyl halides is 3. The maximum atomic E-state index is 12.5. The summed E-state index contributed by atoms with van der Waals surface area (Å²) in [6, 6.07) is 6.14.